The molecule has 0 fully saturated rings. The van der Waals surface area contributed by atoms with Crippen molar-refractivity contribution in [2.75, 3.05) is 11.9 Å². The normalized spacial score (nSPS) is 14.6. The minimum absolute atomic E-state index is 0.0170. The van der Waals surface area contributed by atoms with Gasteiger partial charge in [0.05, 0.1) is 17.6 Å². The molecule has 3 rings (SSSR count). The van der Waals surface area contributed by atoms with Gasteiger partial charge in [-0.25, -0.2) is 4.98 Å². The smallest absolute Gasteiger partial charge is 0.422 e. The van der Waals surface area contributed by atoms with Crippen molar-refractivity contribution in [3.05, 3.63) is 52.2 Å². The Morgan fingerprint density at radius 2 is 2.10 bits per heavy atom. The fraction of sp³-hybridized carbons (Fsp3) is 0.316. The number of pyridine rings is 1. The van der Waals surface area contributed by atoms with Gasteiger partial charge in [0, 0.05) is 24.2 Å². The molecule has 29 heavy (non-hydrogen) atoms. The molecule has 1 N–H and O–H groups in total. The van der Waals surface area contributed by atoms with Crippen LogP contribution in [0.3, 0.4) is 0 Å². The number of hydrogen-bond donors (Lipinski definition) is 1. The minimum Gasteiger partial charge on any atom is -0.483 e. The zero-order chi connectivity index (χ0) is 21.3. The maximum Gasteiger partial charge on any atom is 0.422 e. The number of carbonyl (C=O) groups is 2. The van der Waals surface area contributed by atoms with Crippen LogP contribution in [-0.2, 0) is 11.3 Å². The Morgan fingerprint density at radius 3 is 2.72 bits per heavy atom. The van der Waals surface area contributed by atoms with E-state index < -0.39 is 18.8 Å². The summed E-state index contributed by atoms with van der Waals surface area (Å²) < 4.78 is 41.7. The van der Waals surface area contributed by atoms with Crippen LogP contribution in [0, 0.1) is 0 Å². The molecule has 6 nitrogen and oxygen atoms in total. The standard InChI is InChI=1S/C19H17ClF3N3O3/c1-10(12-3-4-16(15(20)7-12)29-9-19(21,22)23)26-8-14-13(18(26)28)5-6-24-17(14)25-11(2)27/h3-7,10H,8-9H2,1-2H3,(H,24,25,27). The predicted octanol–water partition coefficient (Wildman–Crippen LogP) is 4.35. The number of ether oxygens (including phenoxy) is 1. The van der Waals surface area contributed by atoms with Crippen LogP contribution < -0.4 is 10.1 Å². The third kappa shape index (κ3) is 4.61. The van der Waals surface area contributed by atoms with Crippen molar-refractivity contribution in [2.45, 2.75) is 32.6 Å². The van der Waals surface area contributed by atoms with Crippen LogP contribution in [0.25, 0.3) is 0 Å². The average Bonchev–Trinajstić information content (AvgIpc) is 2.97. The average molecular weight is 428 g/mol. The molecule has 0 spiro atoms. The molecule has 0 bridgehead atoms. The first kappa shape index (κ1) is 20.9. The minimum atomic E-state index is -4.47. The first-order valence-corrected chi connectivity index (χ1v) is 9.00. The van der Waals surface area contributed by atoms with Gasteiger partial charge in [-0.05, 0) is 30.7 Å². The van der Waals surface area contributed by atoms with Crippen LogP contribution in [0.5, 0.6) is 5.75 Å². The predicted molar refractivity (Wildman–Crippen MR) is 99.8 cm³/mol. The highest BCUT2D eigenvalue weighted by molar-refractivity contribution is 6.32. The Morgan fingerprint density at radius 1 is 1.38 bits per heavy atom. The third-order valence-corrected chi connectivity index (χ3v) is 4.76. The van der Waals surface area contributed by atoms with E-state index in [1.54, 1.807) is 24.0 Å². The molecule has 0 saturated carbocycles. The number of nitrogens with one attached hydrogen (secondary N) is 1. The highest BCUT2D eigenvalue weighted by atomic mass is 35.5. The fourth-order valence-corrected chi connectivity index (χ4v) is 3.31. The first-order valence-electron chi connectivity index (χ1n) is 8.62. The van der Waals surface area contributed by atoms with Gasteiger partial charge in [0.15, 0.2) is 6.61 Å². The lowest BCUT2D eigenvalue weighted by Gasteiger charge is -2.25. The summed E-state index contributed by atoms with van der Waals surface area (Å²) in [7, 11) is 0. The highest BCUT2D eigenvalue weighted by Gasteiger charge is 2.34. The molecule has 2 aromatic rings. The van der Waals surface area contributed by atoms with Gasteiger partial charge in [-0.2, -0.15) is 13.2 Å². The van der Waals surface area contributed by atoms with Gasteiger partial charge in [-0.3, -0.25) is 9.59 Å². The number of fused-ring (bicyclic) bond motifs is 1. The van der Waals surface area contributed by atoms with Crippen LogP contribution in [-0.4, -0.2) is 34.5 Å². The quantitative estimate of drug-likeness (QED) is 0.770. The molecule has 0 radical (unpaired) electrons. The molecule has 1 atom stereocenters. The van der Waals surface area contributed by atoms with Crippen LogP contribution in [0.15, 0.2) is 30.5 Å². The molecule has 10 heteroatoms. The molecule has 154 valence electrons. The Hall–Kier alpha value is -2.81. The molecule has 1 unspecified atom stereocenters. The van der Waals surface area contributed by atoms with Crippen LogP contribution in [0.1, 0.15) is 41.4 Å². The molecule has 1 aromatic carbocycles. The number of nitrogens with zero attached hydrogens (tertiary/aromatic N) is 2. The summed E-state index contributed by atoms with van der Waals surface area (Å²) >= 11 is 6.06. The lowest BCUT2D eigenvalue weighted by Crippen LogP contribution is -2.27. The van der Waals surface area contributed by atoms with Gasteiger partial charge >= 0.3 is 6.18 Å². The van der Waals surface area contributed by atoms with E-state index in [9.17, 15) is 22.8 Å². The number of aromatic nitrogens is 1. The van der Waals surface area contributed by atoms with E-state index >= 15 is 0 Å². The molecule has 2 heterocycles. The first-order chi connectivity index (χ1) is 13.6. The Balaban J connectivity index is 1.80. The summed E-state index contributed by atoms with van der Waals surface area (Å²) in [5.74, 6) is -0.304. The number of alkyl halides is 3. The van der Waals surface area contributed by atoms with Crippen molar-refractivity contribution in [3.8, 4) is 5.75 Å². The SMILES string of the molecule is CC(=O)Nc1nccc2c1CN(C(C)c1ccc(OCC(F)(F)F)c(Cl)c1)C2=O. The third-order valence-electron chi connectivity index (χ3n) is 4.47. The van der Waals surface area contributed by atoms with Crippen molar-refractivity contribution in [1.29, 1.82) is 0 Å². The molecule has 0 saturated heterocycles. The summed E-state index contributed by atoms with van der Waals surface area (Å²) in [5.41, 5.74) is 1.67. The van der Waals surface area contributed by atoms with Gasteiger partial charge in [-0.1, -0.05) is 17.7 Å². The van der Waals surface area contributed by atoms with Crippen molar-refractivity contribution in [3.63, 3.8) is 0 Å². The summed E-state index contributed by atoms with van der Waals surface area (Å²) in [6, 6.07) is 5.54. The van der Waals surface area contributed by atoms with Crippen molar-refractivity contribution < 1.29 is 27.5 Å². The molecule has 1 aliphatic rings. The van der Waals surface area contributed by atoms with Gasteiger partial charge in [0.25, 0.3) is 5.91 Å². The molecular weight excluding hydrogens is 411 g/mol. The van der Waals surface area contributed by atoms with Gasteiger partial charge in [0.2, 0.25) is 5.91 Å². The van der Waals surface area contributed by atoms with Crippen molar-refractivity contribution in [2.24, 2.45) is 0 Å². The Labute approximate surface area is 169 Å². The second-order valence-corrected chi connectivity index (χ2v) is 6.98. The summed E-state index contributed by atoms with van der Waals surface area (Å²) in [6.45, 7) is 1.91. The number of carbonyl (C=O) groups excluding carboxylic acids is 2. The van der Waals surface area contributed by atoms with Gasteiger partial charge in [-0.15, -0.1) is 0 Å². The molecule has 2 amide bonds. The lowest BCUT2D eigenvalue weighted by molar-refractivity contribution is -0.153. The number of anilines is 1. The van der Waals surface area contributed by atoms with E-state index in [1.807, 2.05) is 0 Å². The van der Waals surface area contributed by atoms with E-state index in [4.69, 9.17) is 16.3 Å². The number of amides is 2. The van der Waals surface area contributed by atoms with Crippen molar-refractivity contribution in [1.82, 2.24) is 9.88 Å². The Kier molecular flexibility index (Phi) is 5.70. The maximum absolute atomic E-state index is 12.8. The summed E-state index contributed by atoms with van der Waals surface area (Å²) in [6.07, 6.45) is -3.03. The zero-order valence-corrected chi connectivity index (χ0v) is 16.3. The van der Waals surface area contributed by atoms with E-state index in [0.717, 1.165) is 0 Å². The number of hydrogen-bond acceptors (Lipinski definition) is 4. The molecule has 0 aliphatic carbocycles. The maximum atomic E-state index is 12.8. The van der Waals surface area contributed by atoms with Crippen molar-refractivity contribution >= 4 is 29.2 Å². The van der Waals surface area contributed by atoms with Crippen LogP contribution in [0.4, 0.5) is 19.0 Å². The summed E-state index contributed by atoms with van der Waals surface area (Å²) in [4.78, 5) is 29.9. The highest BCUT2D eigenvalue weighted by Crippen LogP contribution is 2.36. The van der Waals surface area contributed by atoms with Gasteiger partial charge < -0.3 is 15.0 Å². The Bertz CT molecular complexity index is 965. The second kappa shape index (κ2) is 7.90. The van der Waals surface area contributed by atoms with E-state index in [0.29, 0.717) is 22.5 Å². The number of rotatable bonds is 5. The summed E-state index contributed by atoms with van der Waals surface area (Å²) in [5, 5.41) is 2.63. The molecule has 1 aromatic heterocycles. The topological polar surface area (TPSA) is 71.5 Å². The second-order valence-electron chi connectivity index (χ2n) is 6.57. The van der Waals surface area contributed by atoms with E-state index in [1.165, 1.54) is 25.3 Å². The van der Waals surface area contributed by atoms with Crippen LogP contribution in [0.2, 0.25) is 5.02 Å². The molecule has 1 aliphatic heterocycles. The fourth-order valence-electron chi connectivity index (χ4n) is 3.07. The van der Waals surface area contributed by atoms with Gasteiger partial charge in [0.1, 0.15) is 11.6 Å². The lowest BCUT2D eigenvalue weighted by atomic mass is 10.1. The van der Waals surface area contributed by atoms with Crippen LogP contribution >= 0.6 is 11.6 Å². The zero-order valence-electron chi connectivity index (χ0n) is 15.5. The van der Waals surface area contributed by atoms with E-state index in [-0.39, 0.29) is 29.1 Å². The number of halogens is 4. The largest absolute Gasteiger partial charge is 0.483 e. The monoisotopic (exact) mass is 427 g/mol. The molecular formula is C19H17ClF3N3O3. The van der Waals surface area contributed by atoms with E-state index in [2.05, 4.69) is 10.3 Å². The number of benzene rings is 1.